The number of H-pyrrole nitrogens is 1. The lowest BCUT2D eigenvalue weighted by atomic mass is 10.0. The summed E-state index contributed by atoms with van der Waals surface area (Å²) in [6, 6.07) is 6.44. The summed E-state index contributed by atoms with van der Waals surface area (Å²) in [5, 5.41) is 6.76. The molecule has 1 aromatic carbocycles. The van der Waals surface area contributed by atoms with Gasteiger partial charge in [-0.2, -0.15) is 5.10 Å². The molecule has 0 aliphatic carbocycles. The summed E-state index contributed by atoms with van der Waals surface area (Å²) in [7, 11) is 0. The van der Waals surface area contributed by atoms with Gasteiger partial charge in [0.05, 0.1) is 6.20 Å². The second kappa shape index (κ2) is 3.05. The molecule has 0 amide bonds. The van der Waals surface area contributed by atoms with Gasteiger partial charge in [0.2, 0.25) is 0 Å². The Hall–Kier alpha value is -1.57. The molecule has 2 nitrogen and oxygen atoms in total. The van der Waals surface area contributed by atoms with Crippen molar-refractivity contribution in [3.05, 3.63) is 41.7 Å². The Morgan fingerprint density at radius 3 is 2.69 bits per heavy atom. The minimum Gasteiger partial charge on any atom is -0.285 e. The van der Waals surface area contributed by atoms with Crippen LogP contribution in [0.4, 0.5) is 0 Å². The second-order valence-corrected chi connectivity index (χ2v) is 3.31. The quantitative estimate of drug-likeness (QED) is 0.704. The number of rotatable bonds is 1. The van der Waals surface area contributed by atoms with Crippen molar-refractivity contribution in [1.29, 1.82) is 0 Å². The van der Waals surface area contributed by atoms with Crippen molar-refractivity contribution >= 4 is 0 Å². The normalized spacial score (nSPS) is 10.3. The van der Waals surface area contributed by atoms with Crippen LogP contribution in [0.5, 0.6) is 0 Å². The van der Waals surface area contributed by atoms with Gasteiger partial charge in [-0.1, -0.05) is 23.8 Å². The van der Waals surface area contributed by atoms with Crippen LogP contribution in [0.2, 0.25) is 0 Å². The zero-order valence-electron chi connectivity index (χ0n) is 7.83. The zero-order chi connectivity index (χ0) is 9.26. The van der Waals surface area contributed by atoms with Crippen molar-refractivity contribution in [2.45, 2.75) is 13.8 Å². The maximum Gasteiger partial charge on any atom is 0.0565 e. The molecule has 0 bridgehead atoms. The molecule has 0 aliphatic heterocycles. The number of nitrogens with zero attached hydrogens (tertiary/aromatic N) is 1. The highest BCUT2D eigenvalue weighted by atomic mass is 15.1. The number of aromatic nitrogens is 2. The first-order valence-corrected chi connectivity index (χ1v) is 4.34. The van der Waals surface area contributed by atoms with E-state index in [9.17, 15) is 0 Å². The van der Waals surface area contributed by atoms with Gasteiger partial charge in [0, 0.05) is 11.8 Å². The van der Waals surface area contributed by atoms with Crippen LogP contribution in [0.1, 0.15) is 11.1 Å². The maximum absolute atomic E-state index is 3.94. The molecule has 2 heteroatoms. The standard InChI is InChI=1S/C11H12N2/c1-8-3-4-11(9(2)5-8)10-6-12-13-7-10/h3-7H,1-2H3,(H,12,13). The third-order valence-electron chi connectivity index (χ3n) is 2.19. The Kier molecular flexibility index (Phi) is 1.89. The molecule has 0 unspecified atom stereocenters. The lowest BCUT2D eigenvalue weighted by molar-refractivity contribution is 1.09. The second-order valence-electron chi connectivity index (χ2n) is 3.31. The van der Waals surface area contributed by atoms with Gasteiger partial charge in [0.15, 0.2) is 0 Å². The van der Waals surface area contributed by atoms with Crippen molar-refractivity contribution in [3.8, 4) is 11.1 Å². The number of aromatic amines is 1. The largest absolute Gasteiger partial charge is 0.285 e. The first-order chi connectivity index (χ1) is 6.27. The highest BCUT2D eigenvalue weighted by molar-refractivity contribution is 5.65. The predicted octanol–water partition coefficient (Wildman–Crippen LogP) is 2.69. The maximum atomic E-state index is 3.94. The molecular formula is C11H12N2. The topological polar surface area (TPSA) is 28.7 Å². The monoisotopic (exact) mass is 172 g/mol. The van der Waals surface area contributed by atoms with Crippen molar-refractivity contribution < 1.29 is 0 Å². The highest BCUT2D eigenvalue weighted by Gasteiger charge is 2.01. The van der Waals surface area contributed by atoms with E-state index in [1.807, 2.05) is 12.4 Å². The van der Waals surface area contributed by atoms with E-state index in [1.54, 1.807) is 0 Å². The third-order valence-corrected chi connectivity index (χ3v) is 2.19. The number of hydrogen-bond donors (Lipinski definition) is 1. The molecule has 0 saturated carbocycles. The lowest BCUT2D eigenvalue weighted by Gasteiger charge is -2.03. The molecule has 66 valence electrons. The van der Waals surface area contributed by atoms with Gasteiger partial charge in [0.25, 0.3) is 0 Å². The number of nitrogens with one attached hydrogen (secondary N) is 1. The van der Waals surface area contributed by atoms with Crippen LogP contribution in [0.15, 0.2) is 30.6 Å². The summed E-state index contributed by atoms with van der Waals surface area (Å²) in [6.07, 6.45) is 3.76. The average molecular weight is 172 g/mol. The van der Waals surface area contributed by atoms with Crippen LogP contribution in [-0.2, 0) is 0 Å². The Morgan fingerprint density at radius 2 is 2.08 bits per heavy atom. The molecule has 0 saturated heterocycles. The van der Waals surface area contributed by atoms with Crippen molar-refractivity contribution in [1.82, 2.24) is 10.2 Å². The van der Waals surface area contributed by atoms with Crippen molar-refractivity contribution in [3.63, 3.8) is 0 Å². The Balaban J connectivity index is 2.53. The Morgan fingerprint density at radius 1 is 1.23 bits per heavy atom. The Labute approximate surface area is 77.6 Å². The van der Waals surface area contributed by atoms with Gasteiger partial charge >= 0.3 is 0 Å². The van der Waals surface area contributed by atoms with E-state index in [0.717, 1.165) is 5.56 Å². The summed E-state index contributed by atoms with van der Waals surface area (Å²) < 4.78 is 0. The molecule has 2 aromatic rings. The SMILES string of the molecule is Cc1ccc(-c2cn[nH]c2)c(C)c1. The number of hydrogen-bond acceptors (Lipinski definition) is 1. The van der Waals surface area contributed by atoms with Crippen LogP contribution >= 0.6 is 0 Å². The zero-order valence-corrected chi connectivity index (χ0v) is 7.83. The van der Waals surface area contributed by atoms with E-state index in [1.165, 1.54) is 16.7 Å². The summed E-state index contributed by atoms with van der Waals surface area (Å²) in [5.41, 5.74) is 4.99. The van der Waals surface area contributed by atoms with Gasteiger partial charge in [0.1, 0.15) is 0 Å². The van der Waals surface area contributed by atoms with Crippen LogP contribution in [0.25, 0.3) is 11.1 Å². The summed E-state index contributed by atoms with van der Waals surface area (Å²) in [5.74, 6) is 0. The molecule has 0 atom stereocenters. The fourth-order valence-corrected chi connectivity index (χ4v) is 1.54. The average Bonchev–Trinajstić information content (AvgIpc) is 2.56. The molecular weight excluding hydrogens is 160 g/mol. The van der Waals surface area contributed by atoms with Crippen LogP contribution < -0.4 is 0 Å². The van der Waals surface area contributed by atoms with Crippen molar-refractivity contribution in [2.75, 3.05) is 0 Å². The first-order valence-electron chi connectivity index (χ1n) is 4.34. The van der Waals surface area contributed by atoms with E-state index in [-0.39, 0.29) is 0 Å². The van der Waals surface area contributed by atoms with E-state index < -0.39 is 0 Å². The van der Waals surface area contributed by atoms with Crippen molar-refractivity contribution in [2.24, 2.45) is 0 Å². The molecule has 1 heterocycles. The Bertz CT molecular complexity index is 402. The fourth-order valence-electron chi connectivity index (χ4n) is 1.54. The van der Waals surface area contributed by atoms with Gasteiger partial charge < -0.3 is 0 Å². The van der Waals surface area contributed by atoms with Gasteiger partial charge in [-0.3, -0.25) is 5.10 Å². The van der Waals surface area contributed by atoms with E-state index in [0.29, 0.717) is 0 Å². The molecule has 0 aliphatic rings. The van der Waals surface area contributed by atoms with Gasteiger partial charge in [-0.25, -0.2) is 0 Å². The highest BCUT2D eigenvalue weighted by Crippen LogP contribution is 2.22. The van der Waals surface area contributed by atoms with Crippen LogP contribution in [-0.4, -0.2) is 10.2 Å². The van der Waals surface area contributed by atoms with Crippen LogP contribution in [0, 0.1) is 13.8 Å². The summed E-state index contributed by atoms with van der Waals surface area (Å²) in [6.45, 7) is 4.22. The smallest absolute Gasteiger partial charge is 0.0565 e. The molecule has 0 fully saturated rings. The number of aryl methyl sites for hydroxylation is 2. The molecule has 0 spiro atoms. The summed E-state index contributed by atoms with van der Waals surface area (Å²) >= 11 is 0. The molecule has 1 aromatic heterocycles. The van der Waals surface area contributed by atoms with Gasteiger partial charge in [-0.15, -0.1) is 0 Å². The van der Waals surface area contributed by atoms with Crippen LogP contribution in [0.3, 0.4) is 0 Å². The predicted molar refractivity (Wildman–Crippen MR) is 53.5 cm³/mol. The lowest BCUT2D eigenvalue weighted by Crippen LogP contribution is -1.82. The minimum atomic E-state index is 1.15. The summed E-state index contributed by atoms with van der Waals surface area (Å²) in [4.78, 5) is 0. The van der Waals surface area contributed by atoms with E-state index >= 15 is 0 Å². The van der Waals surface area contributed by atoms with E-state index in [4.69, 9.17) is 0 Å². The number of benzene rings is 1. The minimum absolute atomic E-state index is 1.15. The van der Waals surface area contributed by atoms with Gasteiger partial charge in [-0.05, 0) is 25.0 Å². The third kappa shape index (κ3) is 1.47. The molecule has 0 radical (unpaired) electrons. The molecule has 1 N–H and O–H groups in total. The first kappa shape index (κ1) is 8.05. The van der Waals surface area contributed by atoms with E-state index in [2.05, 4.69) is 42.2 Å². The molecule has 2 rings (SSSR count). The molecule has 13 heavy (non-hydrogen) atoms. The fraction of sp³-hybridized carbons (Fsp3) is 0.182.